The Bertz CT molecular complexity index is 1160. The van der Waals surface area contributed by atoms with E-state index in [1.807, 2.05) is 24.3 Å². The number of para-hydroxylation sites is 1. The standard InChI is InChI=1S/C24H36N8O6/c1-12(30-21(35)16(25)7-5-9-28-24(26)27)20(34)32-19(13(2)33)22(36)31-18(23(37)38)10-14-11-29-17-8-4-3-6-15(14)17/h3-4,6,8,11-13,16,18-19,29,33H,5,7,9-10,25H2,1-2H3,(H,30,35)(H,31,36)(H,32,34)(H,37,38)(H4,26,27,28). The molecule has 0 saturated carbocycles. The predicted molar refractivity (Wildman–Crippen MR) is 141 cm³/mol. The second-order valence-corrected chi connectivity index (χ2v) is 8.98. The first-order chi connectivity index (χ1) is 17.9. The highest BCUT2D eigenvalue weighted by atomic mass is 16.4. The van der Waals surface area contributed by atoms with Crippen LogP contribution in [0.5, 0.6) is 0 Å². The number of guanidine groups is 1. The lowest BCUT2D eigenvalue weighted by molar-refractivity contribution is -0.143. The highest BCUT2D eigenvalue weighted by Gasteiger charge is 2.32. The number of rotatable bonds is 14. The average Bonchev–Trinajstić information content (AvgIpc) is 3.26. The molecule has 1 aromatic carbocycles. The fraction of sp³-hybridized carbons (Fsp3) is 0.458. The summed E-state index contributed by atoms with van der Waals surface area (Å²) in [6.45, 7) is 2.95. The Balaban J connectivity index is 1.97. The summed E-state index contributed by atoms with van der Waals surface area (Å²) in [6, 6.07) is 2.50. The van der Waals surface area contributed by atoms with Crippen LogP contribution < -0.4 is 33.2 Å². The highest BCUT2D eigenvalue weighted by molar-refractivity contribution is 5.94. The number of aliphatic hydroxyl groups excluding tert-OH is 1. The van der Waals surface area contributed by atoms with Gasteiger partial charge in [0.1, 0.15) is 18.1 Å². The molecule has 14 nitrogen and oxygen atoms in total. The normalized spacial score (nSPS) is 14.9. The van der Waals surface area contributed by atoms with Crippen LogP contribution in [-0.2, 0) is 25.6 Å². The summed E-state index contributed by atoms with van der Waals surface area (Å²) in [5, 5.41) is 27.8. The van der Waals surface area contributed by atoms with E-state index in [-0.39, 0.29) is 18.8 Å². The number of aliphatic carboxylic acids is 1. The van der Waals surface area contributed by atoms with Gasteiger partial charge < -0.3 is 48.3 Å². The zero-order valence-corrected chi connectivity index (χ0v) is 21.3. The Hall–Kier alpha value is -4.17. The third kappa shape index (κ3) is 8.74. The zero-order chi connectivity index (χ0) is 28.4. The van der Waals surface area contributed by atoms with Gasteiger partial charge in [-0.25, -0.2) is 4.79 Å². The van der Waals surface area contributed by atoms with E-state index in [9.17, 15) is 29.4 Å². The fourth-order valence-electron chi connectivity index (χ4n) is 3.70. The Labute approximate surface area is 219 Å². The number of aliphatic hydroxyl groups is 1. The molecule has 208 valence electrons. The number of nitrogens with zero attached hydrogens (tertiary/aromatic N) is 1. The summed E-state index contributed by atoms with van der Waals surface area (Å²) in [5.41, 5.74) is 17.8. The van der Waals surface area contributed by atoms with Gasteiger partial charge in [-0.05, 0) is 38.3 Å². The van der Waals surface area contributed by atoms with Crippen molar-refractivity contribution in [2.75, 3.05) is 6.54 Å². The van der Waals surface area contributed by atoms with Gasteiger partial charge in [0.15, 0.2) is 5.96 Å². The van der Waals surface area contributed by atoms with Crippen molar-refractivity contribution in [1.82, 2.24) is 20.9 Å². The Kier molecular flexibility index (Phi) is 11.0. The van der Waals surface area contributed by atoms with Crippen LogP contribution in [0, 0.1) is 0 Å². The first kappa shape index (κ1) is 30.1. The number of H-pyrrole nitrogens is 1. The lowest BCUT2D eigenvalue weighted by Gasteiger charge is -2.25. The number of aromatic amines is 1. The number of carboxylic acid groups (broad SMARTS) is 1. The number of amides is 3. The summed E-state index contributed by atoms with van der Waals surface area (Å²) in [6.07, 6.45) is 0.987. The van der Waals surface area contributed by atoms with E-state index in [4.69, 9.17) is 17.2 Å². The zero-order valence-electron chi connectivity index (χ0n) is 21.3. The number of benzene rings is 1. The second-order valence-electron chi connectivity index (χ2n) is 8.98. The molecular weight excluding hydrogens is 496 g/mol. The Morgan fingerprint density at radius 3 is 2.34 bits per heavy atom. The van der Waals surface area contributed by atoms with Crippen molar-refractivity contribution in [3.05, 3.63) is 36.0 Å². The summed E-state index contributed by atoms with van der Waals surface area (Å²) in [4.78, 5) is 56.6. The topological polar surface area (TPSA) is 251 Å². The number of aliphatic imine (C=N–C) groups is 1. The molecule has 3 amide bonds. The van der Waals surface area contributed by atoms with Gasteiger partial charge in [-0.2, -0.15) is 0 Å². The molecule has 12 N–H and O–H groups in total. The van der Waals surface area contributed by atoms with Gasteiger partial charge in [-0.1, -0.05) is 18.2 Å². The smallest absolute Gasteiger partial charge is 0.326 e. The lowest BCUT2D eigenvalue weighted by atomic mass is 10.0. The molecule has 0 bridgehead atoms. The number of hydrogen-bond donors (Lipinski definition) is 9. The maximum absolute atomic E-state index is 12.9. The molecule has 0 aliphatic heterocycles. The number of aromatic nitrogens is 1. The van der Waals surface area contributed by atoms with Crippen LogP contribution in [0.3, 0.4) is 0 Å². The van der Waals surface area contributed by atoms with E-state index in [1.54, 1.807) is 6.20 Å². The van der Waals surface area contributed by atoms with E-state index < -0.39 is 54.0 Å². The molecule has 0 aliphatic rings. The second kappa shape index (κ2) is 13.9. The number of carbonyl (C=O) groups is 4. The molecule has 38 heavy (non-hydrogen) atoms. The highest BCUT2D eigenvalue weighted by Crippen LogP contribution is 2.19. The van der Waals surface area contributed by atoms with E-state index in [0.29, 0.717) is 18.5 Å². The van der Waals surface area contributed by atoms with E-state index in [0.717, 1.165) is 10.9 Å². The summed E-state index contributed by atoms with van der Waals surface area (Å²) in [7, 11) is 0. The minimum absolute atomic E-state index is 0.0287. The molecule has 1 heterocycles. The molecule has 5 unspecified atom stereocenters. The summed E-state index contributed by atoms with van der Waals surface area (Å²) >= 11 is 0. The van der Waals surface area contributed by atoms with Crippen molar-refractivity contribution in [3.8, 4) is 0 Å². The maximum atomic E-state index is 12.9. The van der Waals surface area contributed by atoms with Crippen LogP contribution in [-0.4, -0.2) is 81.7 Å². The molecule has 1 aromatic heterocycles. The van der Waals surface area contributed by atoms with Gasteiger partial charge in [-0.15, -0.1) is 0 Å². The first-order valence-corrected chi connectivity index (χ1v) is 12.1. The Morgan fingerprint density at radius 1 is 1.03 bits per heavy atom. The van der Waals surface area contributed by atoms with Crippen LogP contribution in [0.15, 0.2) is 35.5 Å². The number of hydrogen-bond acceptors (Lipinski definition) is 7. The van der Waals surface area contributed by atoms with Crippen LogP contribution in [0.1, 0.15) is 32.3 Å². The average molecular weight is 533 g/mol. The SMILES string of the molecule is CC(NC(=O)C(N)CCCN=C(N)N)C(=O)NC(C(=O)NC(Cc1c[nH]c2ccccc12)C(=O)O)C(C)O. The molecule has 0 spiro atoms. The predicted octanol–water partition coefficient (Wildman–Crippen LogP) is -1.97. The van der Waals surface area contributed by atoms with Gasteiger partial charge >= 0.3 is 5.97 Å². The number of nitrogens with two attached hydrogens (primary N) is 3. The number of carbonyl (C=O) groups excluding carboxylic acids is 3. The van der Waals surface area contributed by atoms with Crippen molar-refractivity contribution in [3.63, 3.8) is 0 Å². The van der Waals surface area contributed by atoms with Crippen molar-refractivity contribution in [1.29, 1.82) is 0 Å². The molecule has 0 fully saturated rings. The minimum atomic E-state index is -1.47. The third-order valence-corrected chi connectivity index (χ3v) is 5.83. The largest absolute Gasteiger partial charge is 0.480 e. The maximum Gasteiger partial charge on any atom is 0.326 e. The molecule has 0 saturated heterocycles. The van der Waals surface area contributed by atoms with Crippen molar-refractivity contribution >= 4 is 40.6 Å². The number of carboxylic acids is 1. The van der Waals surface area contributed by atoms with Crippen molar-refractivity contribution in [2.45, 2.75) is 63.4 Å². The van der Waals surface area contributed by atoms with E-state index in [1.165, 1.54) is 13.8 Å². The van der Waals surface area contributed by atoms with E-state index in [2.05, 4.69) is 25.9 Å². The van der Waals surface area contributed by atoms with Crippen LogP contribution in [0.2, 0.25) is 0 Å². The van der Waals surface area contributed by atoms with Gasteiger partial charge in [0.05, 0.1) is 12.1 Å². The number of fused-ring (bicyclic) bond motifs is 1. The monoisotopic (exact) mass is 532 g/mol. The minimum Gasteiger partial charge on any atom is -0.480 e. The van der Waals surface area contributed by atoms with Crippen LogP contribution in [0.4, 0.5) is 0 Å². The third-order valence-electron chi connectivity index (χ3n) is 5.83. The summed E-state index contributed by atoms with van der Waals surface area (Å²) in [5.74, 6) is -3.61. The van der Waals surface area contributed by atoms with Gasteiger partial charge in [0, 0.05) is 30.1 Å². The molecule has 5 atom stereocenters. The van der Waals surface area contributed by atoms with Crippen molar-refractivity contribution in [2.24, 2.45) is 22.2 Å². The van der Waals surface area contributed by atoms with Crippen LogP contribution >= 0.6 is 0 Å². The van der Waals surface area contributed by atoms with Gasteiger partial charge in [0.25, 0.3) is 0 Å². The van der Waals surface area contributed by atoms with E-state index >= 15 is 0 Å². The Morgan fingerprint density at radius 2 is 1.71 bits per heavy atom. The molecule has 0 radical (unpaired) electrons. The molecule has 2 rings (SSSR count). The quantitative estimate of drug-likeness (QED) is 0.0742. The lowest BCUT2D eigenvalue weighted by Crippen LogP contribution is -2.59. The molecule has 2 aromatic rings. The first-order valence-electron chi connectivity index (χ1n) is 12.1. The van der Waals surface area contributed by atoms with Crippen molar-refractivity contribution < 1.29 is 29.4 Å². The molecule has 14 heteroatoms. The summed E-state index contributed by atoms with van der Waals surface area (Å²) < 4.78 is 0. The molecule has 0 aliphatic carbocycles. The van der Waals surface area contributed by atoms with Gasteiger partial charge in [-0.3, -0.25) is 19.4 Å². The molecular formula is C24H36N8O6. The fourth-order valence-corrected chi connectivity index (χ4v) is 3.70. The number of nitrogens with one attached hydrogen (secondary N) is 4. The van der Waals surface area contributed by atoms with Gasteiger partial charge in [0.2, 0.25) is 17.7 Å². The van der Waals surface area contributed by atoms with Crippen LogP contribution in [0.25, 0.3) is 10.9 Å².